The van der Waals surface area contributed by atoms with Gasteiger partial charge in [-0.25, -0.2) is 4.39 Å². The van der Waals surface area contributed by atoms with Crippen molar-refractivity contribution in [2.45, 2.75) is 64.7 Å². The van der Waals surface area contributed by atoms with Crippen molar-refractivity contribution in [3.63, 3.8) is 0 Å². The van der Waals surface area contributed by atoms with Crippen LogP contribution < -0.4 is 5.32 Å². The molecule has 2 atom stereocenters. The van der Waals surface area contributed by atoms with Gasteiger partial charge in [0, 0.05) is 23.5 Å². The second-order valence-corrected chi connectivity index (χ2v) is 10.9. The first-order valence-corrected chi connectivity index (χ1v) is 14.1. The van der Waals surface area contributed by atoms with Crippen LogP contribution in [0.25, 0.3) is 22.4 Å². The topological polar surface area (TPSA) is 112 Å². The summed E-state index contributed by atoms with van der Waals surface area (Å²) in [6.07, 6.45) is -2.51. The third-order valence-electron chi connectivity index (χ3n) is 7.21. The molecule has 1 aromatic heterocycles. The summed E-state index contributed by atoms with van der Waals surface area (Å²) in [5.74, 6) is -1.94. The van der Waals surface area contributed by atoms with Gasteiger partial charge < -0.3 is 25.2 Å². The lowest BCUT2D eigenvalue weighted by molar-refractivity contribution is -0.139. The molecule has 3 aromatic carbocycles. The Bertz CT molecular complexity index is 1510. The average Bonchev–Trinajstić information content (AvgIpc) is 3.28. The van der Waals surface area contributed by atoms with Crippen molar-refractivity contribution in [3.05, 3.63) is 102 Å². The first-order valence-electron chi connectivity index (χ1n) is 14.1. The van der Waals surface area contributed by atoms with Gasteiger partial charge in [0.2, 0.25) is 0 Å². The van der Waals surface area contributed by atoms with E-state index in [1.54, 1.807) is 12.1 Å². The summed E-state index contributed by atoms with van der Waals surface area (Å²) in [7, 11) is 0. The van der Waals surface area contributed by atoms with E-state index in [-0.39, 0.29) is 37.0 Å². The van der Waals surface area contributed by atoms with Crippen molar-refractivity contribution in [1.29, 1.82) is 0 Å². The molecule has 4 aromatic rings. The van der Waals surface area contributed by atoms with E-state index in [9.17, 15) is 24.2 Å². The van der Waals surface area contributed by atoms with Crippen LogP contribution in [0.2, 0.25) is 0 Å². The molecular formula is C34H37FN2O5. The Labute approximate surface area is 245 Å². The highest BCUT2D eigenvalue weighted by Crippen LogP contribution is 2.42. The molecule has 7 nitrogen and oxygen atoms in total. The Hall–Kier alpha value is -4.27. The number of carboxylic acids is 1. The number of para-hydroxylation sites is 1. The molecule has 0 saturated carbocycles. The molecule has 42 heavy (non-hydrogen) atoms. The standard InChI is InChI=1S/C34H37FN2O5/c1-21(2)32-31(34(42)36-26-7-5-4-6-8-26)30(23-11-9-22(3)10-12-23)33(24-13-15-25(35)16-14-24)37(32)18-17-27(38)19-28(39)20-29(40)41/h4-16,21,27-28,38-39H,17-20H2,1-3H3,(H,36,42)(H,40,41). The summed E-state index contributed by atoms with van der Waals surface area (Å²) in [6.45, 7) is 6.24. The van der Waals surface area contributed by atoms with Gasteiger partial charge in [-0.05, 0) is 73.2 Å². The predicted octanol–water partition coefficient (Wildman–Crippen LogP) is 6.62. The SMILES string of the molecule is Cc1ccc(-c2c(C(=O)Nc3ccccc3)c(C(C)C)n(CCC(O)CC(O)CC(=O)O)c2-c2ccc(F)cc2)cc1. The molecule has 0 aliphatic rings. The number of rotatable bonds is 12. The first-order chi connectivity index (χ1) is 20.0. The highest BCUT2D eigenvalue weighted by molar-refractivity contribution is 6.12. The fourth-order valence-corrected chi connectivity index (χ4v) is 5.32. The molecule has 2 unspecified atom stereocenters. The van der Waals surface area contributed by atoms with Crippen LogP contribution in [0.3, 0.4) is 0 Å². The molecule has 0 radical (unpaired) electrons. The number of hydrogen-bond acceptors (Lipinski definition) is 4. The van der Waals surface area contributed by atoms with Gasteiger partial charge in [0.05, 0.1) is 29.9 Å². The van der Waals surface area contributed by atoms with Gasteiger partial charge in [-0.3, -0.25) is 9.59 Å². The van der Waals surface area contributed by atoms with E-state index < -0.39 is 24.6 Å². The van der Waals surface area contributed by atoms with Gasteiger partial charge in [-0.2, -0.15) is 0 Å². The Morgan fingerprint density at radius 1 is 0.881 bits per heavy atom. The van der Waals surface area contributed by atoms with E-state index in [0.717, 1.165) is 16.8 Å². The number of aliphatic carboxylic acids is 1. The normalized spacial score (nSPS) is 12.7. The van der Waals surface area contributed by atoms with Crippen LogP contribution in [0.1, 0.15) is 60.6 Å². The molecule has 0 spiro atoms. The van der Waals surface area contributed by atoms with Crippen molar-refractivity contribution in [2.24, 2.45) is 0 Å². The van der Waals surface area contributed by atoms with Crippen LogP contribution in [-0.4, -0.2) is 44.0 Å². The summed E-state index contributed by atoms with van der Waals surface area (Å²) < 4.78 is 16.1. The van der Waals surface area contributed by atoms with Crippen LogP contribution in [0, 0.1) is 12.7 Å². The zero-order valence-corrected chi connectivity index (χ0v) is 24.0. The molecule has 1 amide bonds. The summed E-state index contributed by atoms with van der Waals surface area (Å²) in [5.41, 5.74) is 5.85. The van der Waals surface area contributed by atoms with E-state index in [4.69, 9.17) is 5.11 Å². The van der Waals surface area contributed by atoms with Gasteiger partial charge in [0.1, 0.15) is 5.82 Å². The summed E-state index contributed by atoms with van der Waals surface area (Å²) in [4.78, 5) is 25.1. The van der Waals surface area contributed by atoms with E-state index in [0.29, 0.717) is 28.1 Å². The third kappa shape index (κ3) is 7.32. The monoisotopic (exact) mass is 572 g/mol. The molecule has 0 aliphatic carbocycles. The molecule has 1 heterocycles. The van der Waals surface area contributed by atoms with Crippen molar-refractivity contribution in [2.75, 3.05) is 5.32 Å². The number of aliphatic hydroxyl groups excluding tert-OH is 2. The van der Waals surface area contributed by atoms with Crippen molar-refractivity contribution in [3.8, 4) is 22.4 Å². The molecule has 4 rings (SSSR count). The van der Waals surface area contributed by atoms with Crippen LogP contribution in [0.4, 0.5) is 10.1 Å². The minimum absolute atomic E-state index is 0.0946. The fourth-order valence-electron chi connectivity index (χ4n) is 5.32. The van der Waals surface area contributed by atoms with E-state index >= 15 is 0 Å². The van der Waals surface area contributed by atoms with Crippen LogP contribution in [-0.2, 0) is 11.3 Å². The second-order valence-electron chi connectivity index (χ2n) is 10.9. The molecule has 0 bridgehead atoms. The molecule has 0 aliphatic heterocycles. The number of carbonyl (C=O) groups is 2. The number of benzene rings is 3. The Kier molecular flexibility index (Phi) is 9.93. The number of carbonyl (C=O) groups excluding carboxylic acids is 1. The quantitative estimate of drug-likeness (QED) is 0.152. The number of nitrogens with zero attached hydrogens (tertiary/aromatic N) is 1. The van der Waals surface area contributed by atoms with E-state index in [2.05, 4.69) is 5.32 Å². The summed E-state index contributed by atoms with van der Waals surface area (Å²) in [6, 6.07) is 23.2. The third-order valence-corrected chi connectivity index (χ3v) is 7.21. The minimum Gasteiger partial charge on any atom is -0.481 e. The number of aliphatic hydroxyl groups is 2. The maximum atomic E-state index is 14.1. The van der Waals surface area contributed by atoms with Crippen molar-refractivity contribution in [1.82, 2.24) is 4.57 Å². The molecule has 4 N–H and O–H groups in total. The zero-order chi connectivity index (χ0) is 30.4. The minimum atomic E-state index is -1.18. The summed E-state index contributed by atoms with van der Waals surface area (Å²) >= 11 is 0. The number of hydrogen-bond donors (Lipinski definition) is 4. The van der Waals surface area contributed by atoms with Gasteiger partial charge in [0.15, 0.2) is 0 Å². The number of aromatic nitrogens is 1. The number of anilines is 1. The first kappa shape index (κ1) is 30.7. The summed E-state index contributed by atoms with van der Waals surface area (Å²) in [5, 5.41) is 32.9. The largest absolute Gasteiger partial charge is 0.481 e. The highest BCUT2D eigenvalue weighted by Gasteiger charge is 2.31. The number of amides is 1. The maximum Gasteiger partial charge on any atom is 0.305 e. The molecular weight excluding hydrogens is 535 g/mol. The Morgan fingerprint density at radius 3 is 2.10 bits per heavy atom. The Morgan fingerprint density at radius 2 is 1.50 bits per heavy atom. The lowest BCUT2D eigenvalue weighted by Crippen LogP contribution is -2.22. The van der Waals surface area contributed by atoms with Crippen LogP contribution >= 0.6 is 0 Å². The van der Waals surface area contributed by atoms with E-state index in [1.807, 2.05) is 79.9 Å². The molecule has 0 fully saturated rings. The Balaban J connectivity index is 1.91. The molecule has 8 heteroatoms. The number of nitrogens with one attached hydrogen (secondary N) is 1. The number of halogens is 1. The second kappa shape index (κ2) is 13.6. The van der Waals surface area contributed by atoms with Crippen molar-refractivity contribution < 1.29 is 29.3 Å². The molecule has 220 valence electrons. The van der Waals surface area contributed by atoms with Crippen LogP contribution in [0.15, 0.2) is 78.9 Å². The molecule has 0 saturated heterocycles. The van der Waals surface area contributed by atoms with Gasteiger partial charge in [-0.1, -0.05) is 61.9 Å². The number of carboxylic acid groups (broad SMARTS) is 1. The van der Waals surface area contributed by atoms with Gasteiger partial charge in [0.25, 0.3) is 5.91 Å². The van der Waals surface area contributed by atoms with E-state index in [1.165, 1.54) is 12.1 Å². The lowest BCUT2D eigenvalue weighted by Gasteiger charge is -2.20. The smallest absolute Gasteiger partial charge is 0.305 e. The highest BCUT2D eigenvalue weighted by atomic mass is 19.1. The maximum absolute atomic E-state index is 14.1. The van der Waals surface area contributed by atoms with Gasteiger partial charge in [-0.15, -0.1) is 0 Å². The van der Waals surface area contributed by atoms with Crippen LogP contribution in [0.5, 0.6) is 0 Å². The zero-order valence-electron chi connectivity index (χ0n) is 24.0. The lowest BCUT2D eigenvalue weighted by atomic mass is 9.94. The fraction of sp³-hybridized carbons (Fsp3) is 0.294. The predicted molar refractivity (Wildman–Crippen MR) is 162 cm³/mol. The van der Waals surface area contributed by atoms with Crippen molar-refractivity contribution >= 4 is 17.6 Å². The van der Waals surface area contributed by atoms with Gasteiger partial charge >= 0.3 is 5.97 Å². The average molecular weight is 573 g/mol. The number of aryl methyl sites for hydroxylation is 1.